The zero-order valence-electron chi connectivity index (χ0n) is 10.7. The van der Waals surface area contributed by atoms with E-state index in [9.17, 15) is 9.90 Å². The molecular weight excluding hydrogens is 244 g/mol. The summed E-state index contributed by atoms with van der Waals surface area (Å²) in [7, 11) is 0. The Hall–Kier alpha value is -2.50. The summed E-state index contributed by atoms with van der Waals surface area (Å²) >= 11 is 0. The molecule has 0 saturated heterocycles. The number of aromatic carboxylic acids is 1. The Morgan fingerprint density at radius 3 is 2.79 bits per heavy atom. The lowest BCUT2D eigenvalue weighted by atomic mass is 10.1. The summed E-state index contributed by atoms with van der Waals surface area (Å²) in [6, 6.07) is 3.72. The van der Waals surface area contributed by atoms with Crippen molar-refractivity contribution >= 4 is 11.8 Å². The van der Waals surface area contributed by atoms with Crippen molar-refractivity contribution in [2.24, 2.45) is 0 Å². The summed E-state index contributed by atoms with van der Waals surface area (Å²) in [4.78, 5) is 15.3. The van der Waals surface area contributed by atoms with Gasteiger partial charge in [-0.2, -0.15) is 5.10 Å². The fraction of sp³-hybridized carbons (Fsp3) is 0.231. The molecule has 0 atom stereocenters. The molecule has 2 aromatic heterocycles. The molecule has 6 heteroatoms. The third kappa shape index (κ3) is 2.85. The van der Waals surface area contributed by atoms with Gasteiger partial charge in [0.2, 0.25) is 0 Å². The van der Waals surface area contributed by atoms with Crippen molar-refractivity contribution in [3.63, 3.8) is 0 Å². The third-order valence-electron chi connectivity index (χ3n) is 2.85. The molecule has 0 saturated carbocycles. The van der Waals surface area contributed by atoms with Crippen LogP contribution in [0.25, 0.3) is 0 Å². The molecule has 0 spiro atoms. The van der Waals surface area contributed by atoms with Crippen molar-refractivity contribution in [1.82, 2.24) is 15.2 Å². The number of carboxylic acids is 1. The first-order chi connectivity index (χ1) is 9.09. The fourth-order valence-corrected chi connectivity index (χ4v) is 1.68. The second-order valence-electron chi connectivity index (χ2n) is 4.15. The van der Waals surface area contributed by atoms with E-state index < -0.39 is 5.97 Å². The Morgan fingerprint density at radius 1 is 1.37 bits per heavy atom. The second-order valence-corrected chi connectivity index (χ2v) is 4.15. The van der Waals surface area contributed by atoms with E-state index in [1.165, 1.54) is 0 Å². The number of aromatic nitrogens is 3. The SMILES string of the molecule is Cc1nnc(NCc2cccnc2)c(C(=O)O)c1C. The van der Waals surface area contributed by atoms with E-state index in [1.54, 1.807) is 26.2 Å². The normalized spacial score (nSPS) is 10.2. The summed E-state index contributed by atoms with van der Waals surface area (Å²) in [5.74, 6) is -0.733. The molecular formula is C13H14N4O2. The van der Waals surface area contributed by atoms with Gasteiger partial charge in [0.05, 0.1) is 5.69 Å². The van der Waals surface area contributed by atoms with Crippen molar-refractivity contribution in [1.29, 1.82) is 0 Å². The van der Waals surface area contributed by atoms with Gasteiger partial charge in [-0.05, 0) is 31.0 Å². The van der Waals surface area contributed by atoms with Crippen molar-refractivity contribution in [2.45, 2.75) is 20.4 Å². The monoisotopic (exact) mass is 258 g/mol. The topological polar surface area (TPSA) is 88.0 Å². The number of anilines is 1. The maximum Gasteiger partial charge on any atom is 0.339 e. The van der Waals surface area contributed by atoms with E-state index in [2.05, 4.69) is 20.5 Å². The molecule has 98 valence electrons. The van der Waals surface area contributed by atoms with Gasteiger partial charge in [-0.15, -0.1) is 5.10 Å². The first-order valence-corrected chi connectivity index (χ1v) is 5.79. The summed E-state index contributed by atoms with van der Waals surface area (Å²) in [5.41, 5.74) is 2.34. The lowest BCUT2D eigenvalue weighted by molar-refractivity contribution is 0.0696. The number of nitrogens with one attached hydrogen (secondary N) is 1. The number of hydrogen-bond donors (Lipinski definition) is 2. The summed E-state index contributed by atoms with van der Waals surface area (Å²) < 4.78 is 0. The first kappa shape index (κ1) is 12.9. The number of nitrogens with zero attached hydrogens (tertiary/aromatic N) is 3. The highest BCUT2D eigenvalue weighted by Gasteiger charge is 2.17. The van der Waals surface area contributed by atoms with Gasteiger partial charge < -0.3 is 10.4 Å². The molecule has 2 N–H and O–H groups in total. The third-order valence-corrected chi connectivity index (χ3v) is 2.85. The van der Waals surface area contributed by atoms with Crippen LogP contribution in [0.1, 0.15) is 27.2 Å². The lowest BCUT2D eigenvalue weighted by Crippen LogP contribution is -2.12. The van der Waals surface area contributed by atoms with Crippen LogP contribution in [0.5, 0.6) is 0 Å². The highest BCUT2D eigenvalue weighted by molar-refractivity contribution is 5.94. The van der Waals surface area contributed by atoms with Gasteiger partial charge >= 0.3 is 5.97 Å². The second kappa shape index (κ2) is 5.43. The number of pyridine rings is 1. The highest BCUT2D eigenvalue weighted by atomic mass is 16.4. The van der Waals surface area contributed by atoms with Gasteiger partial charge in [0.25, 0.3) is 0 Å². The zero-order valence-corrected chi connectivity index (χ0v) is 10.7. The van der Waals surface area contributed by atoms with Crippen LogP contribution in [-0.4, -0.2) is 26.3 Å². The minimum absolute atomic E-state index is 0.163. The van der Waals surface area contributed by atoms with Crippen molar-refractivity contribution in [2.75, 3.05) is 5.32 Å². The van der Waals surface area contributed by atoms with Crippen LogP contribution in [0.4, 0.5) is 5.82 Å². The molecule has 0 aliphatic heterocycles. The molecule has 19 heavy (non-hydrogen) atoms. The van der Waals surface area contributed by atoms with Gasteiger partial charge in [0, 0.05) is 18.9 Å². The van der Waals surface area contributed by atoms with Gasteiger partial charge in [0.1, 0.15) is 5.56 Å². The van der Waals surface area contributed by atoms with E-state index in [4.69, 9.17) is 0 Å². The zero-order chi connectivity index (χ0) is 13.8. The molecule has 2 rings (SSSR count). The molecule has 0 unspecified atom stereocenters. The van der Waals surface area contributed by atoms with Crippen LogP contribution in [-0.2, 0) is 6.54 Å². The van der Waals surface area contributed by atoms with Crippen LogP contribution < -0.4 is 5.32 Å². The van der Waals surface area contributed by atoms with E-state index in [-0.39, 0.29) is 11.4 Å². The smallest absolute Gasteiger partial charge is 0.339 e. The average Bonchev–Trinajstić information content (AvgIpc) is 2.41. The number of carboxylic acid groups (broad SMARTS) is 1. The predicted molar refractivity (Wildman–Crippen MR) is 70.0 cm³/mol. The van der Waals surface area contributed by atoms with Crippen LogP contribution in [0.3, 0.4) is 0 Å². The Morgan fingerprint density at radius 2 is 2.16 bits per heavy atom. The lowest BCUT2D eigenvalue weighted by Gasteiger charge is -2.11. The van der Waals surface area contributed by atoms with Crippen molar-refractivity contribution in [3.8, 4) is 0 Å². The van der Waals surface area contributed by atoms with Crippen LogP contribution >= 0.6 is 0 Å². The Labute approximate surface area is 110 Å². The van der Waals surface area contributed by atoms with E-state index in [0.717, 1.165) is 5.56 Å². The van der Waals surface area contributed by atoms with Crippen LogP contribution in [0, 0.1) is 13.8 Å². The number of hydrogen-bond acceptors (Lipinski definition) is 5. The maximum atomic E-state index is 11.3. The average molecular weight is 258 g/mol. The fourth-order valence-electron chi connectivity index (χ4n) is 1.68. The predicted octanol–water partition coefficient (Wildman–Crippen LogP) is 1.80. The summed E-state index contributed by atoms with van der Waals surface area (Å²) in [6.45, 7) is 3.91. The maximum absolute atomic E-state index is 11.3. The molecule has 0 aliphatic rings. The van der Waals surface area contributed by atoms with E-state index in [0.29, 0.717) is 17.8 Å². The van der Waals surface area contributed by atoms with Gasteiger partial charge in [-0.3, -0.25) is 4.98 Å². The van der Waals surface area contributed by atoms with Gasteiger partial charge in [-0.1, -0.05) is 6.07 Å². The molecule has 6 nitrogen and oxygen atoms in total. The molecule has 0 radical (unpaired) electrons. The minimum Gasteiger partial charge on any atom is -0.478 e. The molecule has 0 bridgehead atoms. The molecule has 0 amide bonds. The minimum atomic E-state index is -1.01. The van der Waals surface area contributed by atoms with Gasteiger partial charge in [-0.25, -0.2) is 4.79 Å². The van der Waals surface area contributed by atoms with Crippen LogP contribution in [0.2, 0.25) is 0 Å². The van der Waals surface area contributed by atoms with Gasteiger partial charge in [0.15, 0.2) is 5.82 Å². The number of carbonyl (C=O) groups is 1. The Kier molecular flexibility index (Phi) is 3.70. The Balaban J connectivity index is 2.26. The largest absolute Gasteiger partial charge is 0.478 e. The Bertz CT molecular complexity index is 599. The highest BCUT2D eigenvalue weighted by Crippen LogP contribution is 2.18. The standard InChI is InChI=1S/C13H14N4O2/c1-8-9(2)16-17-12(11(8)13(18)19)15-7-10-4-3-5-14-6-10/h3-6H,7H2,1-2H3,(H,15,17)(H,18,19). The van der Waals surface area contributed by atoms with E-state index >= 15 is 0 Å². The van der Waals surface area contributed by atoms with Crippen molar-refractivity contribution < 1.29 is 9.90 Å². The molecule has 0 aliphatic carbocycles. The summed E-state index contributed by atoms with van der Waals surface area (Å²) in [6.07, 6.45) is 3.39. The molecule has 0 fully saturated rings. The number of aryl methyl sites for hydroxylation is 1. The van der Waals surface area contributed by atoms with Crippen molar-refractivity contribution in [3.05, 3.63) is 46.9 Å². The molecule has 2 heterocycles. The quantitative estimate of drug-likeness (QED) is 0.869. The first-order valence-electron chi connectivity index (χ1n) is 5.79. The molecule has 0 aromatic carbocycles. The number of rotatable bonds is 4. The van der Waals surface area contributed by atoms with Crippen LogP contribution in [0.15, 0.2) is 24.5 Å². The molecule has 2 aromatic rings. The van der Waals surface area contributed by atoms with E-state index in [1.807, 2.05) is 12.1 Å². The summed E-state index contributed by atoms with van der Waals surface area (Å²) in [5, 5.41) is 20.1.